The standard InChI is InChI=1S/C31H31N7OS/c1-20-6-9-27(40-20)24-18-33-19-26-29(24)37-31(36-26)30-28-21(5-4-10-34-30)7-8-25(35-28)22-15-23(17-32-16-22)39-14-13-38-11-2-3-12-38/h6-9,15-19H,2-5,10-14H2,1H3,(H,36,37). The minimum atomic E-state index is 0.660. The van der Waals surface area contributed by atoms with Crippen molar-refractivity contribution >= 4 is 28.1 Å². The topological polar surface area (TPSA) is 92.2 Å². The second-order valence-corrected chi connectivity index (χ2v) is 11.7. The largest absolute Gasteiger partial charge is 0.491 e. The van der Waals surface area contributed by atoms with Gasteiger partial charge in [0.25, 0.3) is 0 Å². The predicted molar refractivity (Wildman–Crippen MR) is 159 cm³/mol. The Kier molecular flexibility index (Phi) is 6.83. The molecule has 9 heteroatoms. The highest BCUT2D eigenvalue weighted by Gasteiger charge is 2.22. The fraction of sp³-hybridized carbons (Fsp3) is 0.323. The van der Waals surface area contributed by atoms with Crippen molar-refractivity contribution in [2.24, 2.45) is 4.99 Å². The van der Waals surface area contributed by atoms with Crippen LogP contribution >= 0.6 is 11.3 Å². The van der Waals surface area contributed by atoms with E-state index in [1.165, 1.54) is 36.4 Å². The number of aromatic nitrogens is 5. The highest BCUT2D eigenvalue weighted by molar-refractivity contribution is 7.15. The van der Waals surface area contributed by atoms with Gasteiger partial charge in [0.15, 0.2) is 5.82 Å². The first kappa shape index (κ1) is 25.0. The van der Waals surface area contributed by atoms with Gasteiger partial charge in [-0.25, -0.2) is 9.97 Å². The summed E-state index contributed by atoms with van der Waals surface area (Å²) < 4.78 is 6.06. The molecule has 7 heterocycles. The van der Waals surface area contributed by atoms with Crippen molar-refractivity contribution < 1.29 is 4.74 Å². The average Bonchev–Trinajstić information content (AvgIpc) is 3.72. The van der Waals surface area contributed by atoms with Crippen molar-refractivity contribution in [3.8, 4) is 27.4 Å². The number of aryl methyl sites for hydroxylation is 2. The first-order valence-corrected chi connectivity index (χ1v) is 14.8. The van der Waals surface area contributed by atoms with E-state index in [4.69, 9.17) is 19.7 Å². The number of nitrogens with zero attached hydrogens (tertiary/aromatic N) is 6. The number of nitrogens with one attached hydrogen (secondary N) is 1. The zero-order valence-corrected chi connectivity index (χ0v) is 23.4. The van der Waals surface area contributed by atoms with E-state index in [1.54, 1.807) is 17.5 Å². The number of thiophene rings is 1. The van der Waals surface area contributed by atoms with Crippen LogP contribution in [0.15, 0.2) is 60.1 Å². The van der Waals surface area contributed by atoms with Crippen LogP contribution in [-0.2, 0) is 6.42 Å². The molecule has 0 aliphatic carbocycles. The summed E-state index contributed by atoms with van der Waals surface area (Å²) in [5, 5.41) is 0. The quantitative estimate of drug-likeness (QED) is 0.280. The van der Waals surface area contributed by atoms with Crippen LogP contribution in [0.2, 0.25) is 0 Å². The van der Waals surface area contributed by atoms with E-state index < -0.39 is 0 Å². The van der Waals surface area contributed by atoms with Gasteiger partial charge in [-0.3, -0.25) is 19.9 Å². The fourth-order valence-electron chi connectivity index (χ4n) is 5.52. The van der Waals surface area contributed by atoms with E-state index >= 15 is 0 Å². The Labute approximate surface area is 237 Å². The van der Waals surface area contributed by atoms with Crippen LogP contribution in [-0.4, -0.2) is 68.3 Å². The van der Waals surface area contributed by atoms with Crippen LogP contribution in [0, 0.1) is 6.92 Å². The van der Waals surface area contributed by atoms with Gasteiger partial charge in [-0.05, 0) is 75.5 Å². The number of H-pyrrole nitrogens is 1. The third-order valence-corrected chi connectivity index (χ3v) is 8.62. The molecular formula is C31H31N7OS. The fourth-order valence-corrected chi connectivity index (χ4v) is 6.40. The summed E-state index contributed by atoms with van der Waals surface area (Å²) in [6.45, 7) is 6.79. The number of hydrogen-bond donors (Lipinski definition) is 1. The number of imidazole rings is 1. The molecule has 0 amide bonds. The molecule has 1 saturated heterocycles. The lowest BCUT2D eigenvalue weighted by Gasteiger charge is -2.15. The summed E-state index contributed by atoms with van der Waals surface area (Å²) in [6, 6.07) is 10.5. The van der Waals surface area contributed by atoms with E-state index in [0.717, 1.165) is 81.6 Å². The van der Waals surface area contributed by atoms with E-state index in [1.807, 2.05) is 24.7 Å². The molecule has 202 valence electrons. The molecule has 1 fully saturated rings. The number of pyridine rings is 3. The highest BCUT2D eigenvalue weighted by Crippen LogP contribution is 2.33. The minimum Gasteiger partial charge on any atom is -0.491 e. The van der Waals surface area contributed by atoms with Crippen molar-refractivity contribution in [3.05, 3.63) is 77.1 Å². The summed E-state index contributed by atoms with van der Waals surface area (Å²) in [4.78, 5) is 32.4. The van der Waals surface area contributed by atoms with E-state index in [0.29, 0.717) is 6.61 Å². The second kappa shape index (κ2) is 10.9. The highest BCUT2D eigenvalue weighted by atomic mass is 32.1. The first-order valence-electron chi connectivity index (χ1n) is 14.0. The molecule has 5 aromatic heterocycles. The lowest BCUT2D eigenvalue weighted by molar-refractivity contribution is 0.237. The predicted octanol–water partition coefficient (Wildman–Crippen LogP) is 5.71. The number of ether oxygens (including phenoxy) is 1. The van der Waals surface area contributed by atoms with Crippen molar-refractivity contribution in [2.45, 2.75) is 32.6 Å². The molecular weight excluding hydrogens is 518 g/mol. The molecule has 8 nitrogen and oxygen atoms in total. The van der Waals surface area contributed by atoms with Crippen molar-refractivity contribution in [1.29, 1.82) is 0 Å². The lowest BCUT2D eigenvalue weighted by Crippen LogP contribution is -2.25. The second-order valence-electron chi connectivity index (χ2n) is 10.4. The summed E-state index contributed by atoms with van der Waals surface area (Å²) in [6.07, 6.45) is 11.8. The maximum atomic E-state index is 6.06. The Morgan fingerprint density at radius 2 is 1.88 bits per heavy atom. The monoisotopic (exact) mass is 549 g/mol. The van der Waals surface area contributed by atoms with Crippen molar-refractivity contribution in [2.75, 3.05) is 32.8 Å². The smallest absolute Gasteiger partial charge is 0.159 e. The summed E-state index contributed by atoms with van der Waals surface area (Å²) in [5.41, 5.74) is 7.44. The van der Waals surface area contributed by atoms with Gasteiger partial charge in [0, 0.05) is 46.4 Å². The van der Waals surface area contributed by atoms with E-state index in [2.05, 4.69) is 51.0 Å². The number of aliphatic imine (C=N–C) groups is 1. The van der Waals surface area contributed by atoms with Gasteiger partial charge in [0.2, 0.25) is 0 Å². The van der Waals surface area contributed by atoms with Crippen LogP contribution in [0.25, 0.3) is 32.7 Å². The molecule has 0 aromatic carbocycles. The van der Waals surface area contributed by atoms with Crippen LogP contribution in [0.5, 0.6) is 5.75 Å². The van der Waals surface area contributed by atoms with Gasteiger partial charge in [-0.2, -0.15) is 0 Å². The molecule has 0 spiro atoms. The summed E-state index contributed by atoms with van der Waals surface area (Å²) >= 11 is 1.75. The molecule has 0 unspecified atom stereocenters. The Morgan fingerprint density at radius 3 is 2.75 bits per heavy atom. The molecule has 0 saturated carbocycles. The summed E-state index contributed by atoms with van der Waals surface area (Å²) in [7, 11) is 0. The molecule has 0 atom stereocenters. The zero-order chi connectivity index (χ0) is 26.9. The van der Waals surface area contributed by atoms with Gasteiger partial charge in [-0.15, -0.1) is 11.3 Å². The van der Waals surface area contributed by atoms with Gasteiger partial charge in [-0.1, -0.05) is 6.07 Å². The van der Waals surface area contributed by atoms with E-state index in [-0.39, 0.29) is 0 Å². The number of fused-ring (bicyclic) bond motifs is 2. The number of likely N-dealkylation sites (tertiary alicyclic amines) is 1. The zero-order valence-electron chi connectivity index (χ0n) is 22.6. The van der Waals surface area contributed by atoms with Crippen LogP contribution < -0.4 is 4.74 Å². The molecule has 5 aromatic rings. The molecule has 1 N–H and O–H groups in total. The lowest BCUT2D eigenvalue weighted by atomic mass is 10.0. The molecule has 0 bridgehead atoms. The van der Waals surface area contributed by atoms with Gasteiger partial charge >= 0.3 is 0 Å². The Morgan fingerprint density at radius 1 is 0.975 bits per heavy atom. The maximum Gasteiger partial charge on any atom is 0.159 e. The SMILES string of the molecule is Cc1ccc(-c2cncc3[nH]c(C4=NCCCc5ccc(-c6cncc(OCCN7CCCC7)c6)nc54)nc23)s1. The first-order chi connectivity index (χ1) is 19.7. The molecule has 0 radical (unpaired) electrons. The Balaban J connectivity index is 1.20. The average molecular weight is 550 g/mol. The number of aromatic amines is 1. The van der Waals surface area contributed by atoms with Crippen molar-refractivity contribution in [3.63, 3.8) is 0 Å². The third-order valence-electron chi connectivity index (χ3n) is 7.59. The third kappa shape index (κ3) is 5.02. The molecule has 2 aliphatic rings. The minimum absolute atomic E-state index is 0.660. The maximum absolute atomic E-state index is 6.06. The van der Waals surface area contributed by atoms with E-state index in [9.17, 15) is 0 Å². The molecule has 7 rings (SSSR count). The van der Waals surface area contributed by atoms with Crippen LogP contribution in [0.1, 0.15) is 41.2 Å². The van der Waals surface area contributed by atoms with Crippen LogP contribution in [0.4, 0.5) is 0 Å². The molecule has 2 aliphatic heterocycles. The normalized spacial score (nSPS) is 15.7. The number of hydrogen-bond acceptors (Lipinski definition) is 8. The van der Waals surface area contributed by atoms with Crippen molar-refractivity contribution in [1.82, 2.24) is 29.8 Å². The Hall–Kier alpha value is -3.95. The van der Waals surface area contributed by atoms with Gasteiger partial charge < -0.3 is 9.72 Å². The van der Waals surface area contributed by atoms with Crippen LogP contribution in [0.3, 0.4) is 0 Å². The Bertz CT molecular complexity index is 1700. The summed E-state index contributed by atoms with van der Waals surface area (Å²) in [5.74, 6) is 1.49. The van der Waals surface area contributed by atoms with Gasteiger partial charge in [0.05, 0.1) is 29.3 Å². The molecule has 40 heavy (non-hydrogen) atoms. The van der Waals surface area contributed by atoms with Gasteiger partial charge in [0.1, 0.15) is 23.6 Å². The number of rotatable bonds is 7.